The van der Waals surface area contributed by atoms with E-state index in [1.54, 1.807) is 30.3 Å². The molecule has 0 N–H and O–H groups in total. The minimum atomic E-state index is -3.56. The summed E-state index contributed by atoms with van der Waals surface area (Å²) in [5.41, 5.74) is 3.32. The molecule has 2 aromatic carbocycles. The van der Waals surface area contributed by atoms with Crippen molar-refractivity contribution in [2.75, 3.05) is 26.2 Å². The van der Waals surface area contributed by atoms with Crippen LogP contribution in [0.2, 0.25) is 0 Å². The lowest BCUT2D eigenvalue weighted by Gasteiger charge is -2.33. The molecule has 31 heavy (non-hydrogen) atoms. The van der Waals surface area contributed by atoms with Crippen LogP contribution in [0.25, 0.3) is 11.0 Å². The van der Waals surface area contributed by atoms with E-state index in [2.05, 4.69) is 4.98 Å². The van der Waals surface area contributed by atoms with Gasteiger partial charge in [-0.15, -0.1) is 0 Å². The maximum atomic E-state index is 13.7. The molecular formula is C22H24F2N4O2S. The molecular weight excluding hydrogens is 422 g/mol. The number of aryl methyl sites for hydroxylation is 2. The van der Waals surface area contributed by atoms with Crippen LogP contribution in [-0.2, 0) is 29.4 Å². The van der Waals surface area contributed by atoms with Gasteiger partial charge in [-0.05, 0) is 54.7 Å². The molecule has 6 nitrogen and oxygen atoms in total. The molecule has 0 saturated carbocycles. The Labute approximate surface area is 180 Å². The van der Waals surface area contributed by atoms with E-state index in [-0.39, 0.29) is 6.54 Å². The minimum Gasteiger partial charge on any atom is -0.293 e. The van der Waals surface area contributed by atoms with Crippen molar-refractivity contribution in [3.63, 3.8) is 0 Å². The van der Waals surface area contributed by atoms with Crippen molar-refractivity contribution in [3.05, 3.63) is 59.4 Å². The van der Waals surface area contributed by atoms with Crippen LogP contribution < -0.4 is 0 Å². The van der Waals surface area contributed by atoms with Crippen LogP contribution in [-0.4, -0.2) is 53.4 Å². The Morgan fingerprint density at radius 2 is 1.71 bits per heavy atom. The molecule has 0 amide bonds. The van der Waals surface area contributed by atoms with Crippen molar-refractivity contribution in [2.24, 2.45) is 0 Å². The number of halogens is 2. The van der Waals surface area contributed by atoms with E-state index in [9.17, 15) is 17.2 Å². The molecule has 0 radical (unpaired) electrons. The van der Waals surface area contributed by atoms with Gasteiger partial charge in [0.1, 0.15) is 5.82 Å². The Kier molecular flexibility index (Phi) is 5.27. The predicted molar refractivity (Wildman–Crippen MR) is 113 cm³/mol. The molecule has 9 heteroatoms. The second-order valence-corrected chi connectivity index (χ2v) is 10.1. The standard InChI is InChI=1S/C22H24F2N4O2S/c23-22(24)28-20-7-2-1-6-19(20)25-21(28)15-26-10-12-27(13-11-26)31(29,30)18-9-8-16-4-3-5-17(16)14-18/h1-2,6-9,14,22H,3-5,10-13,15H2. The highest BCUT2D eigenvalue weighted by atomic mass is 32.2. The van der Waals surface area contributed by atoms with E-state index in [0.717, 1.165) is 29.4 Å². The average molecular weight is 447 g/mol. The fraction of sp³-hybridized carbons (Fsp3) is 0.409. The average Bonchev–Trinajstić information content (AvgIpc) is 3.37. The van der Waals surface area contributed by atoms with Gasteiger partial charge in [0.25, 0.3) is 0 Å². The van der Waals surface area contributed by atoms with Crippen LogP contribution in [0, 0.1) is 0 Å². The Morgan fingerprint density at radius 1 is 0.968 bits per heavy atom. The van der Waals surface area contributed by atoms with Gasteiger partial charge in [0.15, 0.2) is 0 Å². The normalized spacial score (nSPS) is 18.2. The van der Waals surface area contributed by atoms with Crippen LogP contribution in [0.15, 0.2) is 47.4 Å². The van der Waals surface area contributed by atoms with Gasteiger partial charge in [-0.3, -0.25) is 9.47 Å². The van der Waals surface area contributed by atoms with Crippen molar-refractivity contribution >= 4 is 21.1 Å². The highest BCUT2D eigenvalue weighted by Gasteiger charge is 2.30. The third-order valence-electron chi connectivity index (χ3n) is 6.27. The zero-order chi connectivity index (χ0) is 21.6. The summed E-state index contributed by atoms with van der Waals surface area (Å²) in [5.74, 6) is 0.297. The van der Waals surface area contributed by atoms with Gasteiger partial charge < -0.3 is 0 Å². The van der Waals surface area contributed by atoms with Crippen LogP contribution in [0.5, 0.6) is 0 Å². The Hall–Kier alpha value is -2.36. The summed E-state index contributed by atoms with van der Waals surface area (Å²) < 4.78 is 56.0. The van der Waals surface area contributed by atoms with E-state index in [4.69, 9.17) is 0 Å². The number of para-hydroxylation sites is 2. The maximum Gasteiger partial charge on any atom is 0.320 e. The second-order valence-electron chi connectivity index (χ2n) is 8.13. The highest BCUT2D eigenvalue weighted by Crippen LogP contribution is 2.28. The first-order chi connectivity index (χ1) is 14.9. The topological polar surface area (TPSA) is 58.4 Å². The zero-order valence-corrected chi connectivity index (χ0v) is 17.9. The van der Waals surface area contributed by atoms with Crippen molar-refractivity contribution in [1.82, 2.24) is 18.8 Å². The van der Waals surface area contributed by atoms with Gasteiger partial charge in [0, 0.05) is 26.2 Å². The van der Waals surface area contributed by atoms with Crippen molar-refractivity contribution in [2.45, 2.75) is 37.3 Å². The minimum absolute atomic E-state index is 0.256. The monoisotopic (exact) mass is 446 g/mol. The first-order valence-electron chi connectivity index (χ1n) is 10.5. The number of nitrogens with zero attached hydrogens (tertiary/aromatic N) is 4. The van der Waals surface area contributed by atoms with Crippen LogP contribution in [0.3, 0.4) is 0 Å². The molecule has 2 aliphatic rings. The van der Waals surface area contributed by atoms with E-state index in [1.165, 1.54) is 9.87 Å². The molecule has 1 aliphatic carbocycles. The third-order valence-corrected chi connectivity index (χ3v) is 8.16. The van der Waals surface area contributed by atoms with Gasteiger partial charge >= 0.3 is 6.55 Å². The van der Waals surface area contributed by atoms with Crippen LogP contribution in [0.1, 0.15) is 29.9 Å². The summed E-state index contributed by atoms with van der Waals surface area (Å²) >= 11 is 0. The van der Waals surface area contributed by atoms with Crippen LogP contribution in [0.4, 0.5) is 8.78 Å². The van der Waals surface area contributed by atoms with Gasteiger partial charge in [-0.2, -0.15) is 13.1 Å². The number of sulfonamides is 1. The van der Waals surface area contributed by atoms with Crippen molar-refractivity contribution in [1.29, 1.82) is 0 Å². The molecule has 3 aromatic rings. The van der Waals surface area contributed by atoms with Crippen molar-refractivity contribution in [3.8, 4) is 0 Å². The van der Waals surface area contributed by atoms with Gasteiger partial charge in [-0.1, -0.05) is 18.2 Å². The first kappa shape index (κ1) is 20.5. The van der Waals surface area contributed by atoms with E-state index in [1.807, 2.05) is 17.0 Å². The zero-order valence-electron chi connectivity index (χ0n) is 17.0. The summed E-state index contributed by atoms with van der Waals surface area (Å²) in [4.78, 5) is 6.72. The highest BCUT2D eigenvalue weighted by molar-refractivity contribution is 7.89. The fourth-order valence-corrected chi connectivity index (χ4v) is 6.08. The Morgan fingerprint density at radius 3 is 2.48 bits per heavy atom. The number of rotatable bonds is 5. The molecule has 164 valence electrons. The summed E-state index contributed by atoms with van der Waals surface area (Å²) in [6, 6.07) is 12.3. The molecule has 0 bridgehead atoms. The smallest absolute Gasteiger partial charge is 0.293 e. The summed E-state index contributed by atoms with van der Waals surface area (Å²) in [5, 5.41) is 0. The van der Waals surface area contributed by atoms with Gasteiger partial charge in [0.05, 0.1) is 22.5 Å². The lowest BCUT2D eigenvalue weighted by atomic mass is 10.1. The van der Waals surface area contributed by atoms with Crippen LogP contribution >= 0.6 is 0 Å². The lowest BCUT2D eigenvalue weighted by molar-refractivity contribution is 0.0670. The molecule has 2 heterocycles. The van der Waals surface area contributed by atoms with Crippen molar-refractivity contribution < 1.29 is 17.2 Å². The summed E-state index contributed by atoms with van der Waals surface area (Å²) in [6.45, 7) is -0.828. The number of fused-ring (bicyclic) bond motifs is 2. The van der Waals surface area contributed by atoms with Gasteiger partial charge in [0.2, 0.25) is 10.0 Å². The van der Waals surface area contributed by atoms with E-state index in [0.29, 0.717) is 47.9 Å². The SMILES string of the molecule is O=S(=O)(c1ccc2c(c1)CCC2)N1CCN(Cc2nc3ccccc3n2C(F)F)CC1. The number of imidazole rings is 1. The maximum absolute atomic E-state index is 13.7. The van der Waals surface area contributed by atoms with E-state index >= 15 is 0 Å². The largest absolute Gasteiger partial charge is 0.320 e. The summed E-state index contributed by atoms with van der Waals surface area (Å²) in [7, 11) is -3.56. The number of aromatic nitrogens is 2. The molecule has 1 saturated heterocycles. The molecule has 5 rings (SSSR count). The number of hydrogen-bond acceptors (Lipinski definition) is 4. The molecule has 0 spiro atoms. The molecule has 1 aromatic heterocycles. The molecule has 1 aliphatic heterocycles. The quantitative estimate of drug-likeness (QED) is 0.603. The number of piperazine rings is 1. The second kappa shape index (κ2) is 7.96. The summed E-state index contributed by atoms with van der Waals surface area (Å²) in [6.07, 6.45) is 3.01. The Balaban J connectivity index is 1.30. The number of alkyl halides is 2. The lowest BCUT2D eigenvalue weighted by Crippen LogP contribution is -2.48. The first-order valence-corrected chi connectivity index (χ1v) is 12.0. The van der Waals surface area contributed by atoms with E-state index < -0.39 is 16.6 Å². The molecule has 0 atom stereocenters. The fourth-order valence-electron chi connectivity index (χ4n) is 4.61. The molecule has 0 unspecified atom stereocenters. The van der Waals surface area contributed by atoms with Gasteiger partial charge in [-0.25, -0.2) is 13.4 Å². The number of benzene rings is 2. The molecule has 1 fully saturated rings. The Bertz CT molecular complexity index is 1220. The third kappa shape index (κ3) is 3.75. The number of hydrogen-bond donors (Lipinski definition) is 0. The predicted octanol–water partition coefficient (Wildman–Crippen LogP) is 3.43.